The molecule has 0 N–H and O–H groups in total. The monoisotopic (exact) mass is 451 g/mol. The highest BCUT2D eigenvalue weighted by molar-refractivity contribution is 5.99. The van der Waals surface area contributed by atoms with Crippen molar-refractivity contribution in [2.45, 2.75) is 77.7 Å². The molecule has 3 nitrogen and oxygen atoms in total. The summed E-state index contributed by atoms with van der Waals surface area (Å²) in [5.41, 5.74) is 4.60. The Morgan fingerprint density at radius 1 is 1.09 bits per heavy atom. The molecule has 2 atom stereocenters. The predicted molar refractivity (Wildman–Crippen MR) is 133 cm³/mol. The van der Waals surface area contributed by atoms with Gasteiger partial charge in [-0.25, -0.2) is 4.39 Å². The van der Waals surface area contributed by atoms with E-state index in [1.165, 1.54) is 5.56 Å². The van der Waals surface area contributed by atoms with E-state index in [2.05, 4.69) is 30.9 Å². The van der Waals surface area contributed by atoms with Crippen LogP contribution in [0.15, 0.2) is 36.4 Å². The summed E-state index contributed by atoms with van der Waals surface area (Å²) in [4.78, 5) is 15.3. The summed E-state index contributed by atoms with van der Waals surface area (Å²) in [5.74, 6) is 0.509. The van der Waals surface area contributed by atoms with Crippen molar-refractivity contribution in [3.05, 3.63) is 64.5 Å². The van der Waals surface area contributed by atoms with Crippen LogP contribution < -0.4 is 4.90 Å². The van der Waals surface area contributed by atoms with Crippen LogP contribution in [-0.2, 0) is 24.0 Å². The number of hydrogen-bond donors (Lipinski definition) is 0. The van der Waals surface area contributed by atoms with Crippen LogP contribution in [0, 0.1) is 11.7 Å². The Balaban J connectivity index is 1.43. The fourth-order valence-corrected chi connectivity index (χ4v) is 5.33. The van der Waals surface area contributed by atoms with Crippen molar-refractivity contribution in [3.8, 4) is 0 Å². The Labute approximate surface area is 198 Å². The zero-order chi connectivity index (χ0) is 23.2. The van der Waals surface area contributed by atoms with Crippen molar-refractivity contribution in [2.24, 2.45) is 5.92 Å². The van der Waals surface area contributed by atoms with Gasteiger partial charge in [-0.3, -0.25) is 4.79 Å². The van der Waals surface area contributed by atoms with Crippen molar-refractivity contribution in [1.29, 1.82) is 0 Å². The second-order valence-electron chi connectivity index (χ2n) is 9.81. The summed E-state index contributed by atoms with van der Waals surface area (Å²) in [7, 11) is 0. The van der Waals surface area contributed by atoms with E-state index in [1.807, 2.05) is 18.2 Å². The van der Waals surface area contributed by atoms with Crippen LogP contribution in [0.25, 0.3) is 0 Å². The van der Waals surface area contributed by atoms with Gasteiger partial charge >= 0.3 is 0 Å². The lowest BCUT2D eigenvalue weighted by Gasteiger charge is -2.20. The van der Waals surface area contributed by atoms with E-state index in [0.717, 1.165) is 87.8 Å². The molecule has 0 radical (unpaired) electrons. The fourth-order valence-electron chi connectivity index (χ4n) is 5.33. The second kappa shape index (κ2) is 11.3. The number of ether oxygens (including phenoxy) is 1. The van der Waals surface area contributed by atoms with Gasteiger partial charge in [0, 0.05) is 31.7 Å². The number of ketones is 1. The molecule has 2 fully saturated rings. The van der Waals surface area contributed by atoms with Crippen molar-refractivity contribution >= 4 is 11.5 Å². The molecule has 0 spiro atoms. The second-order valence-corrected chi connectivity index (χ2v) is 9.81. The topological polar surface area (TPSA) is 29.5 Å². The molecular formula is C29H38FNO2. The smallest absolute Gasteiger partial charge is 0.167 e. The van der Waals surface area contributed by atoms with Crippen LogP contribution in [0.1, 0.15) is 79.4 Å². The molecule has 0 aliphatic carbocycles. The maximum Gasteiger partial charge on any atom is 0.167 e. The van der Waals surface area contributed by atoms with Gasteiger partial charge in [-0.1, -0.05) is 51.0 Å². The Morgan fingerprint density at radius 2 is 1.94 bits per heavy atom. The first kappa shape index (κ1) is 23.9. The van der Waals surface area contributed by atoms with Crippen LogP contribution in [0.3, 0.4) is 0 Å². The third-order valence-electron chi connectivity index (χ3n) is 7.35. The van der Waals surface area contributed by atoms with E-state index >= 15 is 0 Å². The Hall–Kier alpha value is -2.20. The largest absolute Gasteiger partial charge is 0.378 e. The van der Waals surface area contributed by atoms with E-state index in [0.29, 0.717) is 17.7 Å². The summed E-state index contributed by atoms with van der Waals surface area (Å²) in [5, 5.41) is 0. The number of anilines is 1. The zero-order valence-corrected chi connectivity index (χ0v) is 20.2. The molecule has 0 bridgehead atoms. The van der Waals surface area contributed by atoms with E-state index in [4.69, 9.17) is 4.74 Å². The number of nitrogens with zero attached hydrogens (tertiary/aromatic N) is 1. The highest BCUT2D eigenvalue weighted by atomic mass is 19.1. The van der Waals surface area contributed by atoms with E-state index in [-0.39, 0.29) is 18.0 Å². The van der Waals surface area contributed by atoms with E-state index < -0.39 is 0 Å². The number of carbonyl (C=O) groups excluding carboxylic acids is 1. The maximum absolute atomic E-state index is 14.9. The first-order valence-corrected chi connectivity index (χ1v) is 12.9. The molecule has 4 rings (SSSR count). The molecule has 2 aromatic rings. The number of benzene rings is 2. The highest BCUT2D eigenvalue weighted by Gasteiger charge is 2.23. The number of Topliss-reactive ketones (excluding diaryl/α,β-unsaturated/α-hetero) is 1. The minimum atomic E-state index is -0.213. The molecule has 0 aromatic heterocycles. The van der Waals surface area contributed by atoms with Gasteiger partial charge in [-0.15, -0.1) is 0 Å². The minimum absolute atomic E-state index is 0.0727. The molecular weight excluding hydrogens is 413 g/mol. The van der Waals surface area contributed by atoms with Crippen LogP contribution in [0.5, 0.6) is 0 Å². The van der Waals surface area contributed by atoms with Gasteiger partial charge in [0.2, 0.25) is 0 Å². The number of carbonyl (C=O) groups is 1. The molecule has 178 valence electrons. The molecule has 2 saturated heterocycles. The van der Waals surface area contributed by atoms with Crippen LogP contribution in [-0.4, -0.2) is 31.6 Å². The Kier molecular flexibility index (Phi) is 8.19. The lowest BCUT2D eigenvalue weighted by molar-refractivity contribution is 0.0991. The quantitative estimate of drug-likeness (QED) is 0.384. The first-order valence-electron chi connectivity index (χ1n) is 12.9. The number of rotatable bonds is 10. The molecule has 2 heterocycles. The molecule has 2 aromatic carbocycles. The average Bonchev–Trinajstić information content (AvgIpc) is 3.50. The molecule has 0 amide bonds. The minimum Gasteiger partial charge on any atom is -0.378 e. The lowest BCUT2D eigenvalue weighted by atomic mass is 9.93. The van der Waals surface area contributed by atoms with Crippen molar-refractivity contribution in [3.63, 3.8) is 0 Å². The van der Waals surface area contributed by atoms with Gasteiger partial charge in [0.15, 0.2) is 5.78 Å². The number of halogens is 1. The fraction of sp³-hybridized carbons (Fsp3) is 0.552. The highest BCUT2D eigenvalue weighted by Crippen LogP contribution is 2.29. The Morgan fingerprint density at radius 3 is 2.64 bits per heavy atom. The lowest BCUT2D eigenvalue weighted by Crippen LogP contribution is -2.20. The summed E-state index contributed by atoms with van der Waals surface area (Å²) in [6.45, 7) is 7.06. The van der Waals surface area contributed by atoms with Gasteiger partial charge in [-0.05, 0) is 73.3 Å². The third kappa shape index (κ3) is 6.03. The molecule has 4 heteroatoms. The van der Waals surface area contributed by atoms with Crippen LogP contribution in [0.2, 0.25) is 0 Å². The molecule has 33 heavy (non-hydrogen) atoms. The average molecular weight is 452 g/mol. The van der Waals surface area contributed by atoms with Crippen molar-refractivity contribution in [1.82, 2.24) is 0 Å². The Bertz CT molecular complexity index is 951. The molecule has 2 aliphatic heterocycles. The molecule has 2 aliphatic rings. The van der Waals surface area contributed by atoms with Crippen molar-refractivity contribution in [2.75, 3.05) is 24.6 Å². The molecule has 1 unspecified atom stereocenters. The van der Waals surface area contributed by atoms with Gasteiger partial charge in [-0.2, -0.15) is 0 Å². The SMILES string of the molecule is CCCc1cc(CCC2CCCO2)ccc1C(=O)Cc1ccc(N2CC[C@@H](CC)C2)c(F)c1. The zero-order valence-electron chi connectivity index (χ0n) is 20.2. The van der Waals surface area contributed by atoms with Gasteiger partial charge < -0.3 is 9.64 Å². The van der Waals surface area contributed by atoms with Gasteiger partial charge in [0.1, 0.15) is 5.82 Å². The van der Waals surface area contributed by atoms with Gasteiger partial charge in [0.05, 0.1) is 11.8 Å². The molecule has 0 saturated carbocycles. The summed E-state index contributed by atoms with van der Waals surface area (Å²) < 4.78 is 20.6. The van der Waals surface area contributed by atoms with Crippen LogP contribution >= 0.6 is 0 Å². The number of hydrogen-bond acceptors (Lipinski definition) is 3. The maximum atomic E-state index is 14.9. The summed E-state index contributed by atoms with van der Waals surface area (Å²) in [6.07, 6.45) is 9.11. The summed E-state index contributed by atoms with van der Waals surface area (Å²) in [6, 6.07) is 11.6. The first-order chi connectivity index (χ1) is 16.1. The third-order valence-corrected chi connectivity index (χ3v) is 7.35. The predicted octanol–water partition coefficient (Wildman–Crippen LogP) is 6.55. The van der Waals surface area contributed by atoms with E-state index in [1.54, 1.807) is 6.07 Å². The van der Waals surface area contributed by atoms with Gasteiger partial charge in [0.25, 0.3) is 0 Å². The van der Waals surface area contributed by atoms with E-state index in [9.17, 15) is 9.18 Å². The standard InChI is InChI=1S/C29H38FNO2/c1-3-6-24-17-22(8-11-25-7-5-16-33-25)9-12-26(24)29(32)19-23-10-13-28(27(30)18-23)31-15-14-21(4-2)20-31/h9-10,12-13,17-18,21,25H,3-8,11,14-16,19-20H2,1-2H3/t21-,25?/m1/s1. The number of aryl methyl sites for hydroxylation is 2. The van der Waals surface area contributed by atoms with Crippen LogP contribution in [0.4, 0.5) is 10.1 Å². The summed E-state index contributed by atoms with van der Waals surface area (Å²) >= 11 is 0. The van der Waals surface area contributed by atoms with Crippen molar-refractivity contribution < 1.29 is 13.9 Å². The normalized spacial score (nSPS) is 20.5.